The van der Waals surface area contributed by atoms with E-state index in [4.69, 9.17) is 11.6 Å². The Morgan fingerprint density at radius 3 is 3.08 bits per heavy atom. The first kappa shape index (κ1) is 8.00. The van der Waals surface area contributed by atoms with Gasteiger partial charge in [0.2, 0.25) is 0 Å². The largest absolute Gasteiger partial charge is 0.304 e. The van der Waals surface area contributed by atoms with Gasteiger partial charge in [-0.3, -0.25) is 10.1 Å². The minimum absolute atomic E-state index is 0.101. The summed E-state index contributed by atoms with van der Waals surface area (Å²) in [7, 11) is 0. The lowest BCUT2D eigenvalue weighted by Gasteiger charge is -1.96. The Balaban J connectivity index is 2.76. The number of imidazole rings is 1. The molecule has 2 aromatic rings. The van der Waals surface area contributed by atoms with Crippen molar-refractivity contribution < 1.29 is 4.92 Å². The summed E-state index contributed by atoms with van der Waals surface area (Å²) < 4.78 is 1.55. The van der Waals surface area contributed by atoms with Crippen molar-refractivity contribution in [1.82, 2.24) is 9.38 Å². The van der Waals surface area contributed by atoms with Crippen molar-refractivity contribution in [1.29, 1.82) is 0 Å². The minimum Gasteiger partial charge on any atom is -0.300 e. The average molecular weight is 198 g/mol. The van der Waals surface area contributed by atoms with Gasteiger partial charge in [-0.25, -0.2) is 4.98 Å². The first-order valence-corrected chi connectivity index (χ1v) is 3.83. The van der Waals surface area contributed by atoms with E-state index in [0.717, 1.165) is 0 Å². The SMILES string of the molecule is O=[N+]([O-])c1cn2ccnc2cc1Cl. The average Bonchev–Trinajstić information content (AvgIpc) is 2.48. The highest BCUT2D eigenvalue weighted by atomic mass is 35.5. The van der Waals surface area contributed by atoms with Crippen molar-refractivity contribution in [2.45, 2.75) is 0 Å². The lowest BCUT2D eigenvalue weighted by Crippen LogP contribution is -1.92. The molecule has 2 rings (SSSR count). The Labute approximate surface area is 77.7 Å². The van der Waals surface area contributed by atoms with Gasteiger partial charge in [-0.05, 0) is 0 Å². The predicted molar refractivity (Wildman–Crippen MR) is 46.9 cm³/mol. The second-order valence-electron chi connectivity index (χ2n) is 2.46. The van der Waals surface area contributed by atoms with Crippen LogP contribution in [0.25, 0.3) is 5.65 Å². The summed E-state index contributed by atoms with van der Waals surface area (Å²) in [5.74, 6) is 0. The fraction of sp³-hybridized carbons (Fsp3) is 0. The maximum Gasteiger partial charge on any atom is 0.304 e. The Morgan fingerprint density at radius 2 is 2.38 bits per heavy atom. The Hall–Kier alpha value is -1.62. The molecule has 0 aliphatic carbocycles. The number of fused-ring (bicyclic) bond motifs is 1. The summed E-state index contributed by atoms with van der Waals surface area (Å²) in [4.78, 5) is 13.9. The van der Waals surface area contributed by atoms with Crippen LogP contribution in [0.15, 0.2) is 24.7 Å². The molecule has 6 heteroatoms. The minimum atomic E-state index is -0.526. The normalized spacial score (nSPS) is 10.5. The molecule has 0 aliphatic heterocycles. The van der Waals surface area contributed by atoms with E-state index >= 15 is 0 Å². The zero-order valence-corrected chi connectivity index (χ0v) is 7.10. The third-order valence-electron chi connectivity index (χ3n) is 1.66. The van der Waals surface area contributed by atoms with E-state index in [2.05, 4.69) is 4.98 Å². The second kappa shape index (κ2) is 2.70. The summed E-state index contributed by atoms with van der Waals surface area (Å²) in [5, 5.41) is 10.6. The van der Waals surface area contributed by atoms with Crippen LogP contribution in [0.2, 0.25) is 5.02 Å². The number of halogens is 1. The van der Waals surface area contributed by atoms with E-state index in [-0.39, 0.29) is 10.7 Å². The van der Waals surface area contributed by atoms with Gasteiger partial charge in [-0.15, -0.1) is 0 Å². The van der Waals surface area contributed by atoms with Gasteiger partial charge in [-0.2, -0.15) is 0 Å². The van der Waals surface area contributed by atoms with Crippen LogP contribution in [-0.4, -0.2) is 14.3 Å². The monoisotopic (exact) mass is 197 g/mol. The van der Waals surface area contributed by atoms with E-state index in [9.17, 15) is 10.1 Å². The molecule has 0 radical (unpaired) electrons. The molecule has 0 bridgehead atoms. The van der Waals surface area contributed by atoms with E-state index in [1.807, 2.05) is 0 Å². The molecule has 0 N–H and O–H groups in total. The van der Waals surface area contributed by atoms with Gasteiger partial charge in [0.25, 0.3) is 0 Å². The van der Waals surface area contributed by atoms with E-state index in [1.54, 1.807) is 16.8 Å². The van der Waals surface area contributed by atoms with Crippen LogP contribution in [0.1, 0.15) is 0 Å². The van der Waals surface area contributed by atoms with Gasteiger partial charge in [0, 0.05) is 18.5 Å². The molecule has 0 aliphatic rings. The topological polar surface area (TPSA) is 60.4 Å². The standard InChI is InChI=1S/C7H4ClN3O2/c8-5-3-7-9-1-2-10(7)4-6(5)11(12)13/h1-4H. The fourth-order valence-electron chi connectivity index (χ4n) is 1.06. The molecular weight excluding hydrogens is 194 g/mol. The molecule has 5 nitrogen and oxygen atoms in total. The number of aromatic nitrogens is 2. The molecule has 0 fully saturated rings. The zero-order valence-electron chi connectivity index (χ0n) is 6.35. The van der Waals surface area contributed by atoms with Crippen LogP contribution >= 0.6 is 11.6 Å². The molecule has 0 aromatic carbocycles. The Bertz CT molecular complexity index is 480. The number of hydrogen-bond acceptors (Lipinski definition) is 3. The van der Waals surface area contributed by atoms with E-state index in [1.165, 1.54) is 12.3 Å². The van der Waals surface area contributed by atoms with Gasteiger partial charge in [0.1, 0.15) is 10.7 Å². The molecule has 0 spiro atoms. The van der Waals surface area contributed by atoms with Crippen LogP contribution in [0.4, 0.5) is 5.69 Å². The number of nitro groups is 1. The summed E-state index contributed by atoms with van der Waals surface area (Å²) in [6, 6.07) is 1.46. The molecule has 0 amide bonds. The zero-order chi connectivity index (χ0) is 9.42. The summed E-state index contributed by atoms with van der Waals surface area (Å²) in [5.41, 5.74) is 0.475. The van der Waals surface area contributed by atoms with Crippen molar-refractivity contribution in [3.63, 3.8) is 0 Å². The lowest BCUT2D eigenvalue weighted by molar-refractivity contribution is -0.385. The predicted octanol–water partition coefficient (Wildman–Crippen LogP) is 1.90. The molecule has 0 atom stereocenters. The lowest BCUT2D eigenvalue weighted by atomic mass is 10.4. The second-order valence-corrected chi connectivity index (χ2v) is 2.86. The number of hydrogen-bond donors (Lipinski definition) is 0. The van der Waals surface area contributed by atoms with Crippen molar-refractivity contribution in [3.8, 4) is 0 Å². The van der Waals surface area contributed by atoms with Crippen LogP contribution < -0.4 is 0 Å². The van der Waals surface area contributed by atoms with Crippen molar-refractivity contribution >= 4 is 22.9 Å². The molecule has 2 heterocycles. The van der Waals surface area contributed by atoms with Crippen LogP contribution in [0.5, 0.6) is 0 Å². The molecule has 66 valence electrons. The molecule has 2 aromatic heterocycles. The van der Waals surface area contributed by atoms with Crippen LogP contribution in [0, 0.1) is 10.1 Å². The third-order valence-corrected chi connectivity index (χ3v) is 1.96. The third kappa shape index (κ3) is 1.23. The van der Waals surface area contributed by atoms with Gasteiger partial charge in [-0.1, -0.05) is 11.6 Å². The highest BCUT2D eigenvalue weighted by Crippen LogP contribution is 2.24. The van der Waals surface area contributed by atoms with Crippen molar-refractivity contribution in [2.24, 2.45) is 0 Å². The quantitative estimate of drug-likeness (QED) is 0.518. The molecule has 13 heavy (non-hydrogen) atoms. The van der Waals surface area contributed by atoms with Gasteiger partial charge in [0.05, 0.1) is 11.1 Å². The van der Waals surface area contributed by atoms with Gasteiger partial charge in [0.15, 0.2) is 0 Å². The number of rotatable bonds is 1. The Morgan fingerprint density at radius 1 is 1.62 bits per heavy atom. The van der Waals surface area contributed by atoms with Crippen molar-refractivity contribution in [3.05, 3.63) is 39.8 Å². The van der Waals surface area contributed by atoms with Gasteiger partial charge < -0.3 is 4.40 Å². The number of nitrogens with zero attached hydrogens (tertiary/aromatic N) is 3. The first-order valence-electron chi connectivity index (χ1n) is 3.45. The summed E-state index contributed by atoms with van der Waals surface area (Å²) in [6.45, 7) is 0. The van der Waals surface area contributed by atoms with Crippen LogP contribution in [0.3, 0.4) is 0 Å². The van der Waals surface area contributed by atoms with Crippen LogP contribution in [-0.2, 0) is 0 Å². The Kier molecular flexibility index (Phi) is 1.66. The molecule has 0 saturated carbocycles. The number of pyridine rings is 1. The highest BCUT2D eigenvalue weighted by Gasteiger charge is 2.13. The molecular formula is C7H4ClN3O2. The van der Waals surface area contributed by atoms with E-state index in [0.29, 0.717) is 5.65 Å². The fourth-order valence-corrected chi connectivity index (χ4v) is 1.28. The van der Waals surface area contributed by atoms with E-state index < -0.39 is 4.92 Å². The molecule has 0 unspecified atom stereocenters. The smallest absolute Gasteiger partial charge is 0.300 e. The van der Waals surface area contributed by atoms with Gasteiger partial charge >= 0.3 is 5.69 Å². The maximum absolute atomic E-state index is 10.5. The van der Waals surface area contributed by atoms with Crippen molar-refractivity contribution in [2.75, 3.05) is 0 Å². The highest BCUT2D eigenvalue weighted by molar-refractivity contribution is 6.32. The first-order chi connectivity index (χ1) is 6.18. The maximum atomic E-state index is 10.5. The summed E-state index contributed by atoms with van der Waals surface area (Å²) in [6.07, 6.45) is 4.51. The molecule has 0 saturated heterocycles. The summed E-state index contributed by atoms with van der Waals surface area (Å²) >= 11 is 5.66.